The average molecular weight is 248 g/mol. The highest BCUT2D eigenvalue weighted by Crippen LogP contribution is 2.27. The van der Waals surface area contributed by atoms with E-state index in [2.05, 4.69) is 4.98 Å². The molecule has 0 atom stereocenters. The van der Waals surface area contributed by atoms with Gasteiger partial charge in [-0.3, -0.25) is 0 Å². The van der Waals surface area contributed by atoms with E-state index in [0.717, 1.165) is 27.2 Å². The summed E-state index contributed by atoms with van der Waals surface area (Å²) >= 11 is 3.04. The van der Waals surface area contributed by atoms with Gasteiger partial charge in [0.1, 0.15) is 12.4 Å². The summed E-state index contributed by atoms with van der Waals surface area (Å²) in [6, 6.07) is 7.94. The second-order valence-electron chi connectivity index (χ2n) is 3.06. The van der Waals surface area contributed by atoms with Crippen molar-refractivity contribution in [2.45, 2.75) is 11.3 Å². The number of aldehydes is 1. The molecule has 0 aliphatic heterocycles. The van der Waals surface area contributed by atoms with Gasteiger partial charge >= 0.3 is 0 Å². The maximum absolute atomic E-state index is 10.2. The molecule has 0 fully saturated rings. The van der Waals surface area contributed by atoms with E-state index < -0.39 is 0 Å². The van der Waals surface area contributed by atoms with E-state index in [0.29, 0.717) is 11.4 Å². The standard InChI is InChI=1S/C11H8N2OS2/c12-7-11-13-9-3-2-8(6-10(9)16-11)15-5-1-4-14/h2-4,6H,1,5H2. The van der Waals surface area contributed by atoms with Crippen molar-refractivity contribution in [1.29, 1.82) is 5.26 Å². The minimum atomic E-state index is 0.491. The molecule has 3 nitrogen and oxygen atoms in total. The Morgan fingerprint density at radius 1 is 1.56 bits per heavy atom. The number of benzene rings is 1. The van der Waals surface area contributed by atoms with Crippen molar-refractivity contribution in [3.63, 3.8) is 0 Å². The van der Waals surface area contributed by atoms with E-state index in [4.69, 9.17) is 5.26 Å². The number of thioether (sulfide) groups is 1. The number of fused-ring (bicyclic) bond motifs is 1. The second kappa shape index (κ2) is 5.10. The van der Waals surface area contributed by atoms with Crippen LogP contribution in [0, 0.1) is 11.3 Å². The van der Waals surface area contributed by atoms with Gasteiger partial charge in [0.25, 0.3) is 0 Å². The quantitative estimate of drug-likeness (QED) is 0.474. The molecular weight excluding hydrogens is 240 g/mol. The molecule has 0 aliphatic rings. The van der Waals surface area contributed by atoms with Gasteiger partial charge in [-0.25, -0.2) is 4.98 Å². The Bertz CT molecular complexity index is 557. The summed E-state index contributed by atoms with van der Waals surface area (Å²) in [5.41, 5.74) is 0.862. The molecule has 80 valence electrons. The molecule has 1 heterocycles. The number of nitriles is 1. The van der Waals surface area contributed by atoms with Crippen LogP contribution in [-0.4, -0.2) is 17.0 Å². The number of hydrogen-bond acceptors (Lipinski definition) is 5. The molecule has 2 aromatic rings. The Hall–Kier alpha value is -1.38. The first-order valence-electron chi connectivity index (χ1n) is 4.70. The van der Waals surface area contributed by atoms with E-state index in [1.165, 1.54) is 11.3 Å². The van der Waals surface area contributed by atoms with Crippen LogP contribution in [-0.2, 0) is 4.79 Å². The largest absolute Gasteiger partial charge is 0.303 e. The normalized spacial score (nSPS) is 10.2. The SMILES string of the molecule is N#Cc1nc2ccc(SCCC=O)cc2s1. The lowest BCUT2D eigenvalue weighted by Gasteiger charge is -1.97. The summed E-state index contributed by atoms with van der Waals surface area (Å²) in [5.74, 6) is 0.791. The second-order valence-corrected chi connectivity index (χ2v) is 5.26. The Morgan fingerprint density at radius 3 is 3.19 bits per heavy atom. The van der Waals surface area contributed by atoms with Crippen LogP contribution in [0.2, 0.25) is 0 Å². The fraction of sp³-hybridized carbons (Fsp3) is 0.182. The topological polar surface area (TPSA) is 53.8 Å². The predicted octanol–water partition coefficient (Wildman–Crippen LogP) is 2.85. The van der Waals surface area contributed by atoms with Crippen LogP contribution in [0.5, 0.6) is 0 Å². The van der Waals surface area contributed by atoms with E-state index in [-0.39, 0.29) is 0 Å². The molecule has 0 aliphatic carbocycles. The highest BCUT2D eigenvalue weighted by atomic mass is 32.2. The molecule has 1 aromatic heterocycles. The zero-order valence-electron chi connectivity index (χ0n) is 8.34. The van der Waals surface area contributed by atoms with Crippen molar-refractivity contribution in [2.24, 2.45) is 0 Å². The third-order valence-corrected chi connectivity index (χ3v) is 3.91. The van der Waals surface area contributed by atoms with Crippen LogP contribution in [0.25, 0.3) is 10.2 Å². The van der Waals surface area contributed by atoms with Crippen LogP contribution in [0.4, 0.5) is 0 Å². The van der Waals surface area contributed by atoms with Crippen LogP contribution in [0.3, 0.4) is 0 Å². The van der Waals surface area contributed by atoms with Gasteiger partial charge in [-0.1, -0.05) is 0 Å². The summed E-state index contributed by atoms with van der Waals surface area (Å²) in [7, 11) is 0. The summed E-state index contributed by atoms with van der Waals surface area (Å²) in [6.45, 7) is 0. The highest BCUT2D eigenvalue weighted by Gasteiger charge is 2.03. The van der Waals surface area contributed by atoms with Gasteiger partial charge in [0.2, 0.25) is 0 Å². The fourth-order valence-electron chi connectivity index (χ4n) is 1.27. The average Bonchev–Trinajstić information content (AvgIpc) is 2.71. The monoisotopic (exact) mass is 248 g/mol. The third kappa shape index (κ3) is 2.40. The van der Waals surface area contributed by atoms with Crippen molar-refractivity contribution < 1.29 is 4.79 Å². The first-order valence-corrected chi connectivity index (χ1v) is 6.51. The number of carbonyl (C=O) groups is 1. The summed E-state index contributed by atoms with van der Waals surface area (Å²) in [5, 5.41) is 9.23. The number of aromatic nitrogens is 1. The fourth-order valence-corrected chi connectivity index (χ4v) is 2.96. The molecule has 0 spiro atoms. The maximum atomic E-state index is 10.2. The van der Waals surface area contributed by atoms with Crippen LogP contribution in [0.15, 0.2) is 23.1 Å². The minimum Gasteiger partial charge on any atom is -0.303 e. The lowest BCUT2D eigenvalue weighted by Crippen LogP contribution is -1.80. The summed E-state index contributed by atoms with van der Waals surface area (Å²) in [4.78, 5) is 15.5. The van der Waals surface area contributed by atoms with Gasteiger partial charge in [-0.2, -0.15) is 5.26 Å². The molecule has 0 unspecified atom stereocenters. The molecule has 16 heavy (non-hydrogen) atoms. The Kier molecular flexibility index (Phi) is 3.54. The maximum Gasteiger partial charge on any atom is 0.195 e. The van der Waals surface area contributed by atoms with Gasteiger partial charge in [0.15, 0.2) is 5.01 Å². The van der Waals surface area contributed by atoms with E-state index >= 15 is 0 Å². The molecule has 0 amide bonds. The van der Waals surface area contributed by atoms with Crippen LogP contribution in [0.1, 0.15) is 11.4 Å². The number of thiazole rings is 1. The molecule has 0 N–H and O–H groups in total. The molecular formula is C11H8N2OS2. The predicted molar refractivity (Wildman–Crippen MR) is 65.7 cm³/mol. The zero-order chi connectivity index (χ0) is 11.4. The van der Waals surface area contributed by atoms with Crippen LogP contribution < -0.4 is 0 Å². The number of carbonyl (C=O) groups excluding carboxylic acids is 1. The van der Waals surface area contributed by atoms with Crippen molar-refractivity contribution >= 4 is 39.6 Å². The Labute approximate surface area is 101 Å². The highest BCUT2D eigenvalue weighted by molar-refractivity contribution is 7.99. The number of rotatable bonds is 4. The number of nitrogens with zero attached hydrogens (tertiary/aromatic N) is 2. The first kappa shape index (κ1) is 11.1. The van der Waals surface area contributed by atoms with Gasteiger partial charge in [0, 0.05) is 17.1 Å². The van der Waals surface area contributed by atoms with Gasteiger partial charge in [-0.15, -0.1) is 23.1 Å². The minimum absolute atomic E-state index is 0.491. The molecule has 2 rings (SSSR count). The van der Waals surface area contributed by atoms with E-state index in [1.54, 1.807) is 11.8 Å². The van der Waals surface area contributed by atoms with E-state index in [1.807, 2.05) is 24.3 Å². The summed E-state index contributed by atoms with van der Waals surface area (Å²) < 4.78 is 1.02. The van der Waals surface area contributed by atoms with E-state index in [9.17, 15) is 4.79 Å². The molecule has 5 heteroatoms. The van der Waals surface area contributed by atoms with Crippen LogP contribution >= 0.6 is 23.1 Å². The van der Waals surface area contributed by atoms with Crippen molar-refractivity contribution in [3.8, 4) is 6.07 Å². The first-order chi connectivity index (χ1) is 7.83. The molecule has 0 bridgehead atoms. The number of hydrogen-bond donors (Lipinski definition) is 0. The molecule has 0 saturated carbocycles. The smallest absolute Gasteiger partial charge is 0.195 e. The molecule has 1 aromatic carbocycles. The van der Waals surface area contributed by atoms with Gasteiger partial charge in [0.05, 0.1) is 10.2 Å². The Morgan fingerprint density at radius 2 is 2.44 bits per heavy atom. The third-order valence-electron chi connectivity index (χ3n) is 1.96. The molecule has 0 radical (unpaired) electrons. The van der Waals surface area contributed by atoms with Crippen molar-refractivity contribution in [1.82, 2.24) is 4.98 Å². The lowest BCUT2D eigenvalue weighted by atomic mass is 10.3. The zero-order valence-corrected chi connectivity index (χ0v) is 9.98. The van der Waals surface area contributed by atoms with Crippen molar-refractivity contribution in [3.05, 3.63) is 23.2 Å². The van der Waals surface area contributed by atoms with Crippen molar-refractivity contribution in [2.75, 3.05) is 5.75 Å². The Balaban J connectivity index is 2.22. The summed E-state index contributed by atoms with van der Waals surface area (Å²) in [6.07, 6.45) is 1.49. The van der Waals surface area contributed by atoms with Gasteiger partial charge < -0.3 is 4.79 Å². The molecule has 0 saturated heterocycles. The lowest BCUT2D eigenvalue weighted by molar-refractivity contribution is -0.107. The van der Waals surface area contributed by atoms with Gasteiger partial charge in [-0.05, 0) is 18.2 Å².